The van der Waals surface area contributed by atoms with Crippen molar-refractivity contribution in [3.63, 3.8) is 0 Å². The Balaban J connectivity index is 2.52. The van der Waals surface area contributed by atoms with Crippen molar-refractivity contribution in [3.05, 3.63) is 5.82 Å². The summed E-state index contributed by atoms with van der Waals surface area (Å²) in [6.45, 7) is 6.84. The first-order valence-electron chi connectivity index (χ1n) is 6.36. The third-order valence-corrected chi connectivity index (χ3v) is 2.78. The molecule has 0 fully saturated rings. The van der Waals surface area contributed by atoms with Crippen LogP contribution in [-0.4, -0.2) is 49.3 Å². The van der Waals surface area contributed by atoms with E-state index in [-0.39, 0.29) is 6.42 Å². The molecule has 0 saturated carbocycles. The van der Waals surface area contributed by atoms with Gasteiger partial charge in [0.2, 0.25) is 0 Å². The van der Waals surface area contributed by atoms with Crippen LogP contribution in [0.3, 0.4) is 0 Å². The van der Waals surface area contributed by atoms with Crippen molar-refractivity contribution >= 4 is 5.97 Å². The van der Waals surface area contributed by atoms with Gasteiger partial charge in [0, 0.05) is 13.1 Å². The molecule has 0 radical (unpaired) electrons. The van der Waals surface area contributed by atoms with Gasteiger partial charge in [-0.1, -0.05) is 20.3 Å². The van der Waals surface area contributed by atoms with Gasteiger partial charge in [0.25, 0.3) is 0 Å². The summed E-state index contributed by atoms with van der Waals surface area (Å²) in [6, 6.07) is 0. The van der Waals surface area contributed by atoms with Gasteiger partial charge >= 0.3 is 5.97 Å². The third kappa shape index (κ3) is 4.79. The number of hydrogen-bond donors (Lipinski definition) is 1. The minimum atomic E-state index is -0.779. The van der Waals surface area contributed by atoms with Crippen molar-refractivity contribution in [3.8, 4) is 0 Å². The minimum Gasteiger partial charge on any atom is -0.481 e. The molecule has 0 aromatic carbocycles. The molecule has 0 saturated heterocycles. The average molecular weight is 255 g/mol. The van der Waals surface area contributed by atoms with Crippen LogP contribution in [-0.2, 0) is 17.9 Å². The molecule has 0 aliphatic carbocycles. The van der Waals surface area contributed by atoms with E-state index in [0.29, 0.717) is 13.1 Å². The molecule has 0 atom stereocenters. The van der Waals surface area contributed by atoms with Gasteiger partial charge in [-0.05, 0) is 23.4 Å². The topological polar surface area (TPSA) is 84.1 Å². The predicted octanol–water partition coefficient (Wildman–Crippen LogP) is 0.770. The van der Waals surface area contributed by atoms with Crippen molar-refractivity contribution in [1.29, 1.82) is 0 Å². The largest absolute Gasteiger partial charge is 0.481 e. The average Bonchev–Trinajstić information content (AvgIpc) is 2.78. The first-order chi connectivity index (χ1) is 8.67. The lowest BCUT2D eigenvalue weighted by Gasteiger charge is -2.18. The van der Waals surface area contributed by atoms with Gasteiger partial charge in [-0.2, -0.15) is 0 Å². The summed E-state index contributed by atoms with van der Waals surface area (Å²) in [5.41, 5.74) is 0. The summed E-state index contributed by atoms with van der Waals surface area (Å²) < 4.78 is 1.80. The highest BCUT2D eigenvalue weighted by atomic mass is 16.4. The van der Waals surface area contributed by atoms with Crippen LogP contribution in [0.5, 0.6) is 0 Å². The number of unbranched alkanes of at least 4 members (excludes halogenated alkanes) is 1. The Morgan fingerprint density at radius 1 is 1.44 bits per heavy atom. The van der Waals surface area contributed by atoms with Crippen LogP contribution in [0.15, 0.2) is 0 Å². The number of carboxylic acid groups (broad SMARTS) is 1. The molecule has 1 heterocycles. The zero-order valence-electron chi connectivity index (χ0n) is 11.0. The summed E-state index contributed by atoms with van der Waals surface area (Å²) >= 11 is 0. The van der Waals surface area contributed by atoms with E-state index in [1.807, 2.05) is 11.8 Å². The fourth-order valence-electron chi connectivity index (χ4n) is 1.62. The van der Waals surface area contributed by atoms with Crippen molar-refractivity contribution in [2.45, 2.75) is 46.2 Å². The fraction of sp³-hybridized carbons (Fsp3) is 0.818. The first kappa shape index (κ1) is 14.6. The molecule has 1 aromatic rings. The van der Waals surface area contributed by atoms with Gasteiger partial charge in [0.15, 0.2) is 5.82 Å². The smallest absolute Gasteiger partial charge is 0.304 e. The lowest BCUT2D eigenvalue weighted by atomic mass is 10.3. The predicted molar refractivity (Wildman–Crippen MR) is 65.9 cm³/mol. The normalized spacial score (nSPS) is 11.1. The van der Waals surface area contributed by atoms with E-state index in [2.05, 4.69) is 22.4 Å². The summed E-state index contributed by atoms with van der Waals surface area (Å²) in [7, 11) is 0. The molecule has 7 heteroatoms. The molecule has 0 unspecified atom stereocenters. The molecule has 0 spiro atoms. The monoisotopic (exact) mass is 255 g/mol. The number of aliphatic carboxylic acids is 1. The van der Waals surface area contributed by atoms with E-state index < -0.39 is 5.97 Å². The number of aryl methyl sites for hydroxylation is 1. The Morgan fingerprint density at radius 3 is 2.83 bits per heavy atom. The van der Waals surface area contributed by atoms with E-state index in [1.54, 1.807) is 4.68 Å². The maximum atomic E-state index is 10.6. The lowest BCUT2D eigenvalue weighted by molar-refractivity contribution is -0.137. The number of carboxylic acids is 1. The number of nitrogens with zero attached hydrogens (tertiary/aromatic N) is 5. The maximum absolute atomic E-state index is 10.6. The quantitative estimate of drug-likeness (QED) is 0.701. The highest BCUT2D eigenvalue weighted by Crippen LogP contribution is 2.03. The van der Waals surface area contributed by atoms with Crippen LogP contribution < -0.4 is 0 Å². The second-order valence-corrected chi connectivity index (χ2v) is 4.18. The number of carbonyl (C=O) groups is 1. The number of aromatic nitrogens is 4. The fourth-order valence-corrected chi connectivity index (χ4v) is 1.62. The van der Waals surface area contributed by atoms with Crippen LogP contribution in [0.4, 0.5) is 0 Å². The zero-order chi connectivity index (χ0) is 13.4. The second kappa shape index (κ2) is 7.75. The van der Waals surface area contributed by atoms with Gasteiger partial charge in [0.1, 0.15) is 0 Å². The van der Waals surface area contributed by atoms with Crippen LogP contribution in [0.1, 0.15) is 38.9 Å². The molecule has 18 heavy (non-hydrogen) atoms. The SMILES string of the molecule is CCCCn1nnnc1CN(CC)CCC(=O)O. The maximum Gasteiger partial charge on any atom is 0.304 e. The number of tetrazole rings is 1. The Bertz CT molecular complexity index is 366. The number of hydrogen-bond acceptors (Lipinski definition) is 5. The second-order valence-electron chi connectivity index (χ2n) is 4.18. The van der Waals surface area contributed by atoms with Crippen molar-refractivity contribution < 1.29 is 9.90 Å². The molecule has 1 N–H and O–H groups in total. The Hall–Kier alpha value is -1.50. The third-order valence-electron chi connectivity index (χ3n) is 2.78. The summed E-state index contributed by atoms with van der Waals surface area (Å²) in [5.74, 6) is 0.0229. The molecule has 0 bridgehead atoms. The zero-order valence-corrected chi connectivity index (χ0v) is 11.0. The number of rotatable bonds is 9. The Kier molecular flexibility index (Phi) is 6.27. The Labute approximate surface area is 107 Å². The van der Waals surface area contributed by atoms with Gasteiger partial charge in [-0.25, -0.2) is 4.68 Å². The van der Waals surface area contributed by atoms with E-state index in [0.717, 1.165) is 31.8 Å². The van der Waals surface area contributed by atoms with Crippen LogP contribution >= 0.6 is 0 Å². The lowest BCUT2D eigenvalue weighted by Crippen LogP contribution is -2.27. The molecule has 1 aromatic heterocycles. The van der Waals surface area contributed by atoms with E-state index in [9.17, 15) is 4.79 Å². The molecular formula is C11H21N5O2. The molecule has 0 aliphatic heterocycles. The highest BCUT2D eigenvalue weighted by molar-refractivity contribution is 5.66. The van der Waals surface area contributed by atoms with Gasteiger partial charge in [0.05, 0.1) is 13.0 Å². The first-order valence-corrected chi connectivity index (χ1v) is 6.36. The molecule has 7 nitrogen and oxygen atoms in total. The molecule has 0 amide bonds. The summed E-state index contributed by atoms with van der Waals surface area (Å²) in [4.78, 5) is 12.6. The molecule has 0 aliphatic rings. The molecular weight excluding hydrogens is 234 g/mol. The van der Waals surface area contributed by atoms with E-state index >= 15 is 0 Å². The molecule has 102 valence electrons. The van der Waals surface area contributed by atoms with E-state index in [1.165, 1.54) is 0 Å². The van der Waals surface area contributed by atoms with Crippen LogP contribution in [0.25, 0.3) is 0 Å². The van der Waals surface area contributed by atoms with Gasteiger partial charge in [-0.3, -0.25) is 9.69 Å². The Morgan fingerprint density at radius 2 is 2.22 bits per heavy atom. The van der Waals surface area contributed by atoms with Crippen molar-refractivity contribution in [1.82, 2.24) is 25.1 Å². The standard InChI is InChI=1S/C11H21N5O2/c1-3-5-7-16-10(12-13-14-16)9-15(4-2)8-6-11(17)18/h3-9H2,1-2H3,(H,17,18). The van der Waals surface area contributed by atoms with Gasteiger partial charge < -0.3 is 5.11 Å². The van der Waals surface area contributed by atoms with E-state index in [4.69, 9.17) is 5.11 Å². The minimum absolute atomic E-state index is 0.143. The molecule has 1 rings (SSSR count). The summed E-state index contributed by atoms with van der Waals surface area (Å²) in [6.07, 6.45) is 2.28. The highest BCUT2D eigenvalue weighted by Gasteiger charge is 2.11. The van der Waals surface area contributed by atoms with Gasteiger partial charge in [-0.15, -0.1) is 5.10 Å². The summed E-state index contributed by atoms with van der Waals surface area (Å²) in [5, 5.41) is 20.3. The van der Waals surface area contributed by atoms with Crippen LogP contribution in [0, 0.1) is 0 Å². The van der Waals surface area contributed by atoms with Crippen molar-refractivity contribution in [2.75, 3.05) is 13.1 Å². The van der Waals surface area contributed by atoms with Crippen molar-refractivity contribution in [2.24, 2.45) is 0 Å². The van der Waals surface area contributed by atoms with Crippen LogP contribution in [0.2, 0.25) is 0 Å².